The first-order chi connectivity index (χ1) is 14.5. The fourth-order valence-corrected chi connectivity index (χ4v) is 3.35. The number of H-pyrrole nitrogens is 1. The zero-order chi connectivity index (χ0) is 21.3. The average Bonchev–Trinajstić information content (AvgIpc) is 2.75. The first kappa shape index (κ1) is 19.5. The lowest BCUT2D eigenvalue weighted by Crippen LogP contribution is -2.22. The van der Waals surface area contributed by atoms with Crippen LogP contribution in [0.25, 0.3) is 16.6 Å². The molecule has 150 valence electrons. The molecule has 30 heavy (non-hydrogen) atoms. The number of hydrogen-bond acceptors (Lipinski definition) is 5. The Labute approximate surface area is 174 Å². The molecule has 0 bridgehead atoms. The maximum atomic E-state index is 14.2. The smallest absolute Gasteiger partial charge is 0.266 e. The zero-order valence-corrected chi connectivity index (χ0v) is 16.5. The van der Waals surface area contributed by atoms with Crippen LogP contribution in [0.15, 0.2) is 65.6 Å². The van der Waals surface area contributed by atoms with Crippen LogP contribution < -0.4 is 15.6 Å². The summed E-state index contributed by atoms with van der Waals surface area (Å²) in [7, 11) is 1.45. The molecule has 2 N–H and O–H groups in total. The van der Waals surface area contributed by atoms with Gasteiger partial charge >= 0.3 is 0 Å². The van der Waals surface area contributed by atoms with Crippen molar-refractivity contribution < 1.29 is 13.9 Å². The van der Waals surface area contributed by atoms with Gasteiger partial charge in [-0.25, -0.2) is 13.9 Å². The molecular formula is C21H15FN4O3S. The normalized spacial score (nSPS) is 10.7. The topological polar surface area (TPSA) is 89.0 Å². The lowest BCUT2D eigenvalue weighted by molar-refractivity contribution is 0.102. The van der Waals surface area contributed by atoms with Gasteiger partial charge in [-0.15, -0.1) is 0 Å². The molecule has 0 unspecified atom stereocenters. The Morgan fingerprint density at radius 1 is 1.20 bits per heavy atom. The maximum absolute atomic E-state index is 14.2. The Balaban J connectivity index is 1.76. The quantitative estimate of drug-likeness (QED) is 0.488. The fourth-order valence-electron chi connectivity index (χ4n) is 3.05. The number of pyridine rings is 1. The number of hydrogen-bond donors (Lipinski definition) is 2. The highest BCUT2D eigenvalue weighted by Crippen LogP contribution is 2.21. The van der Waals surface area contributed by atoms with Crippen molar-refractivity contribution >= 4 is 34.7 Å². The van der Waals surface area contributed by atoms with Crippen LogP contribution in [0.1, 0.15) is 10.4 Å². The van der Waals surface area contributed by atoms with Gasteiger partial charge in [-0.1, -0.05) is 12.1 Å². The molecule has 0 atom stereocenters. The molecule has 0 aliphatic heterocycles. The molecule has 0 aliphatic carbocycles. The van der Waals surface area contributed by atoms with Crippen molar-refractivity contribution in [1.82, 2.24) is 14.5 Å². The Kier molecular flexibility index (Phi) is 5.11. The SMILES string of the molecule is COc1ncccc1NC(=O)c1ccc2c(=O)n(-c3ccccc3F)c(=S)[nH]c2c1. The standard InChI is InChI=1S/C21H15FN4O3S/c1-29-19-15(6-4-10-23-19)24-18(27)12-8-9-13-16(11-12)25-21(30)26(20(13)28)17-7-3-2-5-14(17)22/h2-11H,1H3,(H,24,27)(H,25,30). The number of benzene rings is 2. The highest BCUT2D eigenvalue weighted by molar-refractivity contribution is 7.71. The average molecular weight is 422 g/mol. The minimum Gasteiger partial charge on any atom is -0.480 e. The fraction of sp³-hybridized carbons (Fsp3) is 0.0476. The number of fused-ring (bicyclic) bond motifs is 1. The molecule has 2 aromatic carbocycles. The van der Waals surface area contributed by atoms with Gasteiger partial charge < -0.3 is 15.0 Å². The van der Waals surface area contributed by atoms with Crippen LogP contribution in [0.4, 0.5) is 10.1 Å². The minimum absolute atomic E-state index is 0.0177. The van der Waals surface area contributed by atoms with Crippen molar-refractivity contribution in [2.75, 3.05) is 12.4 Å². The van der Waals surface area contributed by atoms with Crippen LogP contribution in [0.2, 0.25) is 0 Å². The van der Waals surface area contributed by atoms with Gasteiger partial charge in [0.1, 0.15) is 11.5 Å². The molecule has 2 aromatic heterocycles. The third-order valence-electron chi connectivity index (χ3n) is 4.47. The first-order valence-electron chi connectivity index (χ1n) is 8.84. The zero-order valence-electron chi connectivity index (χ0n) is 15.7. The van der Waals surface area contributed by atoms with Gasteiger partial charge in [-0.3, -0.25) is 9.59 Å². The summed E-state index contributed by atoms with van der Waals surface area (Å²) in [6, 6.07) is 13.7. The number of ether oxygens (including phenoxy) is 1. The van der Waals surface area contributed by atoms with Crippen LogP contribution >= 0.6 is 12.2 Å². The van der Waals surface area contributed by atoms with E-state index in [-0.39, 0.29) is 21.7 Å². The minimum atomic E-state index is -0.570. The van der Waals surface area contributed by atoms with E-state index in [9.17, 15) is 14.0 Å². The summed E-state index contributed by atoms with van der Waals surface area (Å²) in [6.45, 7) is 0. The van der Waals surface area contributed by atoms with E-state index in [1.807, 2.05) is 0 Å². The number of amides is 1. The van der Waals surface area contributed by atoms with Gasteiger partial charge in [0.2, 0.25) is 5.88 Å². The molecule has 0 fully saturated rings. The summed E-state index contributed by atoms with van der Waals surface area (Å²) >= 11 is 5.27. The lowest BCUT2D eigenvalue weighted by Gasteiger charge is -2.11. The van der Waals surface area contributed by atoms with Crippen molar-refractivity contribution in [3.8, 4) is 11.6 Å². The Bertz CT molecular complexity index is 1400. The first-order valence-corrected chi connectivity index (χ1v) is 9.25. The molecule has 0 spiro atoms. The number of carbonyl (C=O) groups excluding carboxylic acids is 1. The number of halogens is 1. The van der Waals surface area contributed by atoms with Gasteiger partial charge in [0.25, 0.3) is 11.5 Å². The predicted octanol–water partition coefficient (Wildman–Crippen LogP) is 3.84. The van der Waals surface area contributed by atoms with Crippen molar-refractivity contribution in [1.29, 1.82) is 0 Å². The van der Waals surface area contributed by atoms with E-state index in [0.717, 1.165) is 4.57 Å². The number of nitrogens with zero attached hydrogens (tertiary/aromatic N) is 2. The molecule has 7 nitrogen and oxygen atoms in total. The number of para-hydroxylation sites is 1. The number of methoxy groups -OCH3 is 1. The number of anilines is 1. The predicted molar refractivity (Wildman–Crippen MR) is 113 cm³/mol. The highest BCUT2D eigenvalue weighted by atomic mass is 32.1. The summed E-state index contributed by atoms with van der Waals surface area (Å²) in [5.41, 5.74) is 0.634. The summed E-state index contributed by atoms with van der Waals surface area (Å²) in [6.07, 6.45) is 1.55. The lowest BCUT2D eigenvalue weighted by atomic mass is 10.1. The molecule has 0 saturated carbocycles. The number of aromatic amines is 1. The van der Waals surface area contributed by atoms with Crippen molar-refractivity contribution in [2.45, 2.75) is 0 Å². The maximum Gasteiger partial charge on any atom is 0.266 e. The Morgan fingerprint density at radius 2 is 2.00 bits per heavy atom. The van der Waals surface area contributed by atoms with Crippen molar-refractivity contribution in [3.63, 3.8) is 0 Å². The van der Waals surface area contributed by atoms with E-state index < -0.39 is 17.3 Å². The molecule has 2 heterocycles. The summed E-state index contributed by atoms with van der Waals surface area (Å²) in [4.78, 5) is 32.5. The molecule has 0 radical (unpaired) electrons. The molecule has 4 aromatic rings. The Hall–Kier alpha value is -3.85. The Morgan fingerprint density at radius 3 is 2.77 bits per heavy atom. The molecule has 0 saturated heterocycles. The number of nitrogens with one attached hydrogen (secondary N) is 2. The molecule has 9 heteroatoms. The van der Waals surface area contributed by atoms with E-state index in [1.165, 1.54) is 43.5 Å². The van der Waals surface area contributed by atoms with Crippen LogP contribution in [0, 0.1) is 10.6 Å². The van der Waals surface area contributed by atoms with E-state index in [0.29, 0.717) is 16.8 Å². The highest BCUT2D eigenvalue weighted by Gasteiger charge is 2.14. The molecular weight excluding hydrogens is 407 g/mol. The summed E-state index contributed by atoms with van der Waals surface area (Å²) in [5, 5.41) is 2.98. The van der Waals surface area contributed by atoms with E-state index in [4.69, 9.17) is 17.0 Å². The number of aromatic nitrogens is 3. The third kappa shape index (κ3) is 3.46. The molecule has 4 rings (SSSR count). The van der Waals surface area contributed by atoms with Crippen molar-refractivity contribution in [2.24, 2.45) is 0 Å². The van der Waals surface area contributed by atoms with Gasteiger partial charge in [-0.2, -0.15) is 0 Å². The summed E-state index contributed by atoms with van der Waals surface area (Å²) < 4.78 is 20.4. The van der Waals surface area contributed by atoms with Crippen LogP contribution in [-0.4, -0.2) is 27.6 Å². The number of rotatable bonds is 4. The van der Waals surface area contributed by atoms with Gasteiger partial charge in [-0.05, 0) is 54.7 Å². The molecule has 1 amide bonds. The van der Waals surface area contributed by atoms with Crippen molar-refractivity contribution in [3.05, 3.63) is 87.3 Å². The second-order valence-electron chi connectivity index (χ2n) is 6.30. The van der Waals surface area contributed by atoms with E-state index in [2.05, 4.69) is 15.3 Å². The molecule has 0 aliphatic rings. The van der Waals surface area contributed by atoms with E-state index >= 15 is 0 Å². The largest absolute Gasteiger partial charge is 0.480 e. The van der Waals surface area contributed by atoms with E-state index in [1.54, 1.807) is 24.4 Å². The second-order valence-corrected chi connectivity index (χ2v) is 6.68. The van der Waals surface area contributed by atoms with Gasteiger partial charge in [0, 0.05) is 11.8 Å². The van der Waals surface area contributed by atoms with Gasteiger partial charge in [0.15, 0.2) is 4.77 Å². The number of carbonyl (C=O) groups is 1. The summed E-state index contributed by atoms with van der Waals surface area (Å²) in [5.74, 6) is -0.709. The van der Waals surface area contributed by atoms with Crippen LogP contribution in [0.3, 0.4) is 0 Å². The van der Waals surface area contributed by atoms with Crippen LogP contribution in [-0.2, 0) is 0 Å². The van der Waals surface area contributed by atoms with Crippen LogP contribution in [0.5, 0.6) is 5.88 Å². The third-order valence-corrected chi connectivity index (χ3v) is 4.75. The van der Waals surface area contributed by atoms with Gasteiger partial charge in [0.05, 0.1) is 23.7 Å². The monoisotopic (exact) mass is 422 g/mol. The second kappa shape index (κ2) is 7.88.